The number of carbonyl (C=O) groups excluding carboxylic acids is 2. The average Bonchev–Trinajstić information content (AvgIpc) is 3.11. The lowest BCUT2D eigenvalue weighted by Gasteiger charge is -2.08. The largest absolute Gasteiger partial charge is 0.388 e. The van der Waals surface area contributed by atoms with E-state index >= 15 is 0 Å². The normalized spacial score (nSPS) is 11.0. The third-order valence-corrected chi connectivity index (χ3v) is 5.32. The number of hydrogen-bond acceptors (Lipinski definition) is 3. The van der Waals surface area contributed by atoms with Crippen molar-refractivity contribution in [2.75, 3.05) is 13.2 Å². The van der Waals surface area contributed by atoms with Crippen molar-refractivity contribution in [3.8, 4) is 0 Å². The third-order valence-electron chi connectivity index (χ3n) is 5.02. The fourth-order valence-electron chi connectivity index (χ4n) is 3.48. The molecule has 158 valence electrons. The molecule has 3 aromatic rings. The monoisotopic (exact) mass is 430 g/mol. The van der Waals surface area contributed by atoms with Crippen LogP contribution >= 0.6 is 11.6 Å². The Kier molecular flexibility index (Phi) is 7.60. The number of aryl methyl sites for hydroxylation is 1. The summed E-state index contributed by atoms with van der Waals surface area (Å²) in [5.74, 6) is -0.883. The minimum Gasteiger partial charge on any atom is -0.388 e. The van der Waals surface area contributed by atoms with Crippen LogP contribution in [0.25, 0.3) is 10.9 Å². The van der Waals surface area contributed by atoms with Gasteiger partial charge in [-0.05, 0) is 37.0 Å². The van der Waals surface area contributed by atoms with E-state index in [1.54, 1.807) is 29.0 Å². The number of para-hydroxylation sites is 1. The number of fused-ring (bicyclic) bond motifs is 1. The Morgan fingerprint density at radius 1 is 1.07 bits per heavy atom. The number of hydrogen-bond donors (Lipinski definition) is 2. The molecule has 0 saturated heterocycles. The van der Waals surface area contributed by atoms with Gasteiger partial charge in [0.2, 0.25) is 5.91 Å². The Hall–Kier alpha value is -2.70. The summed E-state index contributed by atoms with van der Waals surface area (Å²) in [5.41, 5.74) is 1.79. The molecule has 0 aliphatic heterocycles. The van der Waals surface area contributed by atoms with E-state index in [1.165, 1.54) is 6.07 Å². The van der Waals surface area contributed by atoms with Crippen LogP contribution in [0.5, 0.6) is 0 Å². The number of benzene rings is 2. The SMILES string of the molecule is O=C(Cn1cc(C(=O)CO)c2ccccc21)NCCCCCc1cccc(Cl)c1F. The molecule has 2 aromatic carbocycles. The number of nitrogens with one attached hydrogen (secondary N) is 1. The highest BCUT2D eigenvalue weighted by Crippen LogP contribution is 2.22. The van der Waals surface area contributed by atoms with E-state index in [-0.39, 0.29) is 29.1 Å². The number of aliphatic hydroxyl groups excluding tert-OH is 1. The number of unbranched alkanes of at least 4 members (excludes halogenated alkanes) is 2. The van der Waals surface area contributed by atoms with Crippen LogP contribution < -0.4 is 5.32 Å². The average molecular weight is 431 g/mol. The predicted molar refractivity (Wildman–Crippen MR) is 115 cm³/mol. The lowest BCUT2D eigenvalue weighted by atomic mass is 10.1. The first-order valence-corrected chi connectivity index (χ1v) is 10.3. The van der Waals surface area contributed by atoms with Gasteiger partial charge in [-0.2, -0.15) is 0 Å². The van der Waals surface area contributed by atoms with Gasteiger partial charge in [0.15, 0.2) is 5.78 Å². The molecule has 1 aromatic heterocycles. The molecule has 7 heteroatoms. The summed E-state index contributed by atoms with van der Waals surface area (Å²) < 4.78 is 15.6. The summed E-state index contributed by atoms with van der Waals surface area (Å²) in [6.07, 6.45) is 4.67. The van der Waals surface area contributed by atoms with Crippen LogP contribution in [0, 0.1) is 5.82 Å². The zero-order valence-electron chi connectivity index (χ0n) is 16.5. The van der Waals surface area contributed by atoms with Gasteiger partial charge in [0.05, 0.1) is 5.02 Å². The second kappa shape index (κ2) is 10.4. The van der Waals surface area contributed by atoms with Crippen LogP contribution in [0.2, 0.25) is 5.02 Å². The van der Waals surface area contributed by atoms with Crippen molar-refractivity contribution in [3.63, 3.8) is 0 Å². The number of aromatic nitrogens is 1. The lowest BCUT2D eigenvalue weighted by molar-refractivity contribution is -0.121. The molecule has 3 rings (SSSR count). The Bertz CT molecular complexity index is 1050. The molecule has 0 aliphatic rings. The Morgan fingerprint density at radius 3 is 2.67 bits per heavy atom. The minimum absolute atomic E-state index is 0.0902. The number of rotatable bonds is 10. The lowest BCUT2D eigenvalue weighted by Crippen LogP contribution is -2.28. The molecule has 2 N–H and O–H groups in total. The van der Waals surface area contributed by atoms with Gasteiger partial charge in [-0.1, -0.05) is 48.4 Å². The van der Waals surface area contributed by atoms with Crippen LogP contribution in [0.3, 0.4) is 0 Å². The highest BCUT2D eigenvalue weighted by atomic mass is 35.5. The van der Waals surface area contributed by atoms with E-state index in [2.05, 4.69) is 5.32 Å². The quantitative estimate of drug-likeness (QED) is 0.375. The van der Waals surface area contributed by atoms with Crippen molar-refractivity contribution in [1.82, 2.24) is 9.88 Å². The van der Waals surface area contributed by atoms with Gasteiger partial charge in [0.25, 0.3) is 0 Å². The van der Waals surface area contributed by atoms with Crippen molar-refractivity contribution in [3.05, 3.63) is 70.6 Å². The van der Waals surface area contributed by atoms with Crippen molar-refractivity contribution >= 4 is 34.2 Å². The second-order valence-corrected chi connectivity index (χ2v) is 7.55. The molecule has 0 atom stereocenters. The molecule has 0 aliphatic carbocycles. The summed E-state index contributed by atoms with van der Waals surface area (Å²) >= 11 is 5.79. The van der Waals surface area contributed by atoms with Gasteiger partial charge in [-0.15, -0.1) is 0 Å². The zero-order valence-corrected chi connectivity index (χ0v) is 17.3. The molecule has 5 nitrogen and oxygen atoms in total. The number of amides is 1. The molecule has 30 heavy (non-hydrogen) atoms. The summed E-state index contributed by atoms with van der Waals surface area (Å²) in [4.78, 5) is 24.3. The molecule has 1 heterocycles. The van der Waals surface area contributed by atoms with E-state index in [4.69, 9.17) is 16.7 Å². The maximum atomic E-state index is 13.8. The van der Waals surface area contributed by atoms with E-state index < -0.39 is 6.61 Å². The topological polar surface area (TPSA) is 71.3 Å². The van der Waals surface area contributed by atoms with Crippen molar-refractivity contribution < 1.29 is 19.1 Å². The number of ketones is 1. The number of halogens is 2. The molecule has 1 amide bonds. The maximum Gasteiger partial charge on any atom is 0.239 e. The Labute approximate surface area is 179 Å². The summed E-state index contributed by atoms with van der Waals surface area (Å²) in [7, 11) is 0. The Balaban J connectivity index is 1.46. The van der Waals surface area contributed by atoms with E-state index in [0.29, 0.717) is 24.1 Å². The van der Waals surface area contributed by atoms with Gasteiger partial charge in [-0.25, -0.2) is 4.39 Å². The maximum absolute atomic E-state index is 13.8. The van der Waals surface area contributed by atoms with Crippen molar-refractivity contribution in [1.29, 1.82) is 0 Å². The molecular formula is C23H24ClFN2O3. The highest BCUT2D eigenvalue weighted by Gasteiger charge is 2.15. The summed E-state index contributed by atoms with van der Waals surface area (Å²) in [5, 5.41) is 12.9. The van der Waals surface area contributed by atoms with Gasteiger partial charge in [-0.3, -0.25) is 9.59 Å². The molecular weight excluding hydrogens is 407 g/mol. The van der Waals surface area contributed by atoms with Crippen LogP contribution in [-0.2, 0) is 17.8 Å². The molecule has 0 radical (unpaired) electrons. The number of nitrogens with zero attached hydrogens (tertiary/aromatic N) is 1. The fourth-order valence-corrected chi connectivity index (χ4v) is 3.68. The first-order valence-electron chi connectivity index (χ1n) is 9.92. The van der Waals surface area contributed by atoms with Crippen LogP contribution in [0.15, 0.2) is 48.7 Å². The fraction of sp³-hybridized carbons (Fsp3) is 0.304. The third kappa shape index (κ3) is 5.26. The number of aliphatic hydroxyl groups is 1. The zero-order chi connectivity index (χ0) is 21.5. The Morgan fingerprint density at radius 2 is 1.87 bits per heavy atom. The van der Waals surface area contributed by atoms with Crippen molar-refractivity contribution in [2.24, 2.45) is 0 Å². The summed E-state index contributed by atoms with van der Waals surface area (Å²) in [6.45, 7) is 0.0464. The summed E-state index contributed by atoms with van der Waals surface area (Å²) in [6, 6.07) is 12.3. The van der Waals surface area contributed by atoms with E-state index in [9.17, 15) is 14.0 Å². The second-order valence-electron chi connectivity index (χ2n) is 7.14. The molecule has 0 spiro atoms. The number of carbonyl (C=O) groups is 2. The van der Waals surface area contributed by atoms with Crippen molar-refractivity contribution in [2.45, 2.75) is 32.2 Å². The number of Topliss-reactive ketones (excluding diaryl/α,β-unsaturated/α-hetero) is 1. The van der Waals surface area contributed by atoms with Gasteiger partial charge in [0, 0.05) is 29.2 Å². The molecule has 0 bridgehead atoms. The van der Waals surface area contributed by atoms with E-state index in [0.717, 1.165) is 30.2 Å². The van der Waals surface area contributed by atoms with Gasteiger partial charge in [0.1, 0.15) is 19.0 Å². The first-order chi connectivity index (χ1) is 14.5. The smallest absolute Gasteiger partial charge is 0.239 e. The van der Waals surface area contributed by atoms with Gasteiger partial charge >= 0.3 is 0 Å². The van der Waals surface area contributed by atoms with Gasteiger partial charge < -0.3 is 15.0 Å². The minimum atomic E-state index is -0.570. The van der Waals surface area contributed by atoms with E-state index in [1.807, 2.05) is 18.2 Å². The highest BCUT2D eigenvalue weighted by molar-refractivity contribution is 6.30. The molecule has 0 saturated carbocycles. The van der Waals surface area contributed by atoms with Crippen LogP contribution in [-0.4, -0.2) is 34.5 Å². The van der Waals surface area contributed by atoms with Crippen LogP contribution in [0.1, 0.15) is 35.2 Å². The first kappa shape index (κ1) is 22.0. The standard InChI is InChI=1S/C23H24ClFN2O3/c24-19-10-6-8-16(23(19)25)7-2-1-5-12-26-22(30)14-27-13-18(21(29)15-28)17-9-3-4-11-20(17)27/h3-4,6,8-11,13,28H,1-2,5,7,12,14-15H2,(H,26,30). The van der Waals surface area contributed by atoms with Crippen LogP contribution in [0.4, 0.5) is 4.39 Å². The molecule has 0 fully saturated rings. The predicted octanol–water partition coefficient (Wildman–Crippen LogP) is 4.14. The molecule has 0 unspecified atom stereocenters.